The summed E-state index contributed by atoms with van der Waals surface area (Å²) >= 11 is 0. The molecule has 0 spiro atoms. The number of hydrogen-bond acceptors (Lipinski definition) is 3. The molecule has 0 amide bonds. The van der Waals surface area contributed by atoms with Gasteiger partial charge in [0.1, 0.15) is 0 Å². The standard InChI is InChI=1S/C8H17N3O2S/c1-9-7(10-2)11-6-8(4-5-8)14(3,12)13/h4-6H2,1-3H3,(H2,9,10,11). The third-order valence-electron chi connectivity index (χ3n) is 2.63. The van der Waals surface area contributed by atoms with Gasteiger partial charge in [0.2, 0.25) is 0 Å². The minimum Gasteiger partial charge on any atom is -0.359 e. The second-order valence-electron chi connectivity index (χ2n) is 3.63. The highest BCUT2D eigenvalue weighted by Crippen LogP contribution is 2.42. The van der Waals surface area contributed by atoms with Crippen molar-refractivity contribution in [2.45, 2.75) is 17.6 Å². The lowest BCUT2D eigenvalue weighted by Gasteiger charge is -2.15. The number of nitrogens with one attached hydrogen (secondary N) is 2. The first kappa shape index (κ1) is 11.3. The van der Waals surface area contributed by atoms with Crippen molar-refractivity contribution in [3.05, 3.63) is 0 Å². The SMILES string of the molecule is CN=C(NC)NCC1(S(C)(=O)=O)CC1. The molecule has 1 saturated carbocycles. The molecular formula is C8H17N3O2S. The Morgan fingerprint density at radius 2 is 2.07 bits per heavy atom. The van der Waals surface area contributed by atoms with Gasteiger partial charge in [0.15, 0.2) is 15.8 Å². The lowest BCUT2D eigenvalue weighted by atomic mass is 10.4. The van der Waals surface area contributed by atoms with E-state index in [1.807, 2.05) is 0 Å². The lowest BCUT2D eigenvalue weighted by molar-refractivity contribution is 0.579. The Hall–Kier alpha value is -0.780. The van der Waals surface area contributed by atoms with E-state index in [2.05, 4.69) is 15.6 Å². The van der Waals surface area contributed by atoms with Gasteiger partial charge in [-0.1, -0.05) is 0 Å². The summed E-state index contributed by atoms with van der Waals surface area (Å²) in [7, 11) is 0.448. The second-order valence-corrected chi connectivity index (χ2v) is 6.04. The van der Waals surface area contributed by atoms with Gasteiger partial charge in [-0.3, -0.25) is 4.99 Å². The Morgan fingerprint density at radius 3 is 2.36 bits per heavy atom. The van der Waals surface area contributed by atoms with E-state index in [1.54, 1.807) is 14.1 Å². The Balaban J connectivity index is 2.55. The van der Waals surface area contributed by atoms with Crippen LogP contribution in [0.5, 0.6) is 0 Å². The fraction of sp³-hybridized carbons (Fsp3) is 0.875. The molecule has 1 fully saturated rings. The maximum atomic E-state index is 11.4. The van der Waals surface area contributed by atoms with E-state index in [0.29, 0.717) is 12.5 Å². The van der Waals surface area contributed by atoms with Crippen molar-refractivity contribution < 1.29 is 8.42 Å². The number of aliphatic imine (C=N–C) groups is 1. The summed E-state index contributed by atoms with van der Waals surface area (Å²) < 4.78 is 22.3. The Morgan fingerprint density at radius 1 is 1.50 bits per heavy atom. The zero-order valence-electron chi connectivity index (χ0n) is 8.79. The smallest absolute Gasteiger partial charge is 0.190 e. The number of sulfone groups is 1. The molecule has 0 saturated heterocycles. The van der Waals surface area contributed by atoms with Crippen molar-refractivity contribution in [1.82, 2.24) is 10.6 Å². The molecule has 0 aromatic heterocycles. The number of hydrogen-bond donors (Lipinski definition) is 2. The highest BCUT2D eigenvalue weighted by molar-refractivity contribution is 7.92. The minimum atomic E-state index is -2.95. The van der Waals surface area contributed by atoms with Gasteiger partial charge in [-0.2, -0.15) is 0 Å². The molecule has 1 aliphatic carbocycles. The van der Waals surface area contributed by atoms with Gasteiger partial charge in [-0.05, 0) is 12.8 Å². The van der Waals surface area contributed by atoms with Crippen LogP contribution in [-0.2, 0) is 9.84 Å². The molecule has 0 bridgehead atoms. The third-order valence-corrected chi connectivity index (χ3v) is 4.76. The van der Waals surface area contributed by atoms with Crippen LogP contribution in [-0.4, -0.2) is 46.0 Å². The summed E-state index contributed by atoms with van der Waals surface area (Å²) in [6.45, 7) is 0.444. The van der Waals surface area contributed by atoms with Crippen molar-refractivity contribution in [3.8, 4) is 0 Å². The highest BCUT2D eigenvalue weighted by Gasteiger charge is 2.51. The van der Waals surface area contributed by atoms with E-state index in [-0.39, 0.29) is 0 Å². The summed E-state index contributed by atoms with van der Waals surface area (Å²) in [4.78, 5) is 3.92. The highest BCUT2D eigenvalue weighted by atomic mass is 32.2. The van der Waals surface area contributed by atoms with Gasteiger partial charge < -0.3 is 10.6 Å². The molecule has 0 heterocycles. The maximum Gasteiger partial charge on any atom is 0.190 e. The van der Waals surface area contributed by atoms with Gasteiger partial charge >= 0.3 is 0 Å². The largest absolute Gasteiger partial charge is 0.359 e. The van der Waals surface area contributed by atoms with Gasteiger partial charge in [0.05, 0.1) is 4.75 Å². The van der Waals surface area contributed by atoms with Gasteiger partial charge in [-0.25, -0.2) is 8.42 Å². The number of guanidine groups is 1. The lowest BCUT2D eigenvalue weighted by Crippen LogP contribution is -2.42. The molecule has 82 valence electrons. The van der Waals surface area contributed by atoms with E-state index >= 15 is 0 Å². The predicted molar refractivity (Wildman–Crippen MR) is 57.2 cm³/mol. The van der Waals surface area contributed by atoms with E-state index < -0.39 is 14.6 Å². The molecular weight excluding hydrogens is 202 g/mol. The molecule has 1 aliphatic rings. The van der Waals surface area contributed by atoms with E-state index in [0.717, 1.165) is 12.8 Å². The van der Waals surface area contributed by atoms with Crippen molar-refractivity contribution in [1.29, 1.82) is 0 Å². The Bertz CT molecular complexity index is 330. The van der Waals surface area contributed by atoms with E-state index in [9.17, 15) is 8.42 Å². The summed E-state index contributed by atoms with van der Waals surface area (Å²) in [6.07, 6.45) is 2.79. The fourth-order valence-corrected chi connectivity index (χ4v) is 2.52. The molecule has 0 unspecified atom stereocenters. The van der Waals surface area contributed by atoms with Crippen LogP contribution in [0.2, 0.25) is 0 Å². The molecule has 2 N–H and O–H groups in total. The zero-order valence-corrected chi connectivity index (χ0v) is 9.61. The normalized spacial score (nSPS) is 20.4. The van der Waals surface area contributed by atoms with Crippen LogP contribution < -0.4 is 10.6 Å². The van der Waals surface area contributed by atoms with E-state index in [4.69, 9.17) is 0 Å². The van der Waals surface area contributed by atoms with Crippen molar-refractivity contribution >= 4 is 15.8 Å². The van der Waals surface area contributed by atoms with Gasteiger partial charge in [0, 0.05) is 26.9 Å². The topological polar surface area (TPSA) is 70.6 Å². The summed E-state index contributed by atoms with van der Waals surface area (Å²) in [5, 5.41) is 5.84. The molecule has 0 radical (unpaired) electrons. The molecule has 6 heteroatoms. The molecule has 5 nitrogen and oxygen atoms in total. The second kappa shape index (κ2) is 3.76. The number of nitrogens with zero attached hydrogens (tertiary/aromatic N) is 1. The summed E-state index contributed by atoms with van der Waals surface area (Å²) in [5.74, 6) is 0.625. The quantitative estimate of drug-likeness (QED) is 0.489. The Kier molecular flexibility index (Phi) is 3.04. The molecule has 14 heavy (non-hydrogen) atoms. The van der Waals surface area contributed by atoms with Gasteiger partial charge in [0.25, 0.3) is 0 Å². The average Bonchev–Trinajstić information content (AvgIpc) is 2.86. The van der Waals surface area contributed by atoms with Crippen LogP contribution in [0.1, 0.15) is 12.8 Å². The molecule has 0 atom stereocenters. The van der Waals surface area contributed by atoms with Crippen LogP contribution in [0, 0.1) is 0 Å². The zero-order chi connectivity index (χ0) is 10.8. The van der Waals surface area contributed by atoms with Crippen LogP contribution in [0.25, 0.3) is 0 Å². The maximum absolute atomic E-state index is 11.4. The van der Waals surface area contributed by atoms with Gasteiger partial charge in [-0.15, -0.1) is 0 Å². The monoisotopic (exact) mass is 219 g/mol. The summed E-state index contributed by atoms with van der Waals surface area (Å²) in [5.41, 5.74) is 0. The molecule has 0 aromatic rings. The number of rotatable bonds is 3. The molecule has 0 aromatic carbocycles. The first-order valence-corrected chi connectivity index (χ1v) is 6.42. The van der Waals surface area contributed by atoms with E-state index in [1.165, 1.54) is 6.26 Å². The molecule has 0 aliphatic heterocycles. The van der Waals surface area contributed by atoms with Crippen LogP contribution in [0.4, 0.5) is 0 Å². The van der Waals surface area contributed by atoms with Crippen molar-refractivity contribution in [2.75, 3.05) is 26.9 Å². The minimum absolute atomic E-state index is 0.444. The first-order chi connectivity index (χ1) is 6.45. The fourth-order valence-electron chi connectivity index (χ4n) is 1.34. The average molecular weight is 219 g/mol. The van der Waals surface area contributed by atoms with Crippen molar-refractivity contribution in [2.24, 2.45) is 4.99 Å². The van der Waals surface area contributed by atoms with Crippen LogP contribution in [0.15, 0.2) is 4.99 Å². The Labute approximate surface area is 84.9 Å². The third kappa shape index (κ3) is 2.17. The first-order valence-electron chi connectivity index (χ1n) is 4.53. The van der Waals surface area contributed by atoms with Crippen LogP contribution in [0.3, 0.4) is 0 Å². The molecule has 1 rings (SSSR count). The predicted octanol–water partition coefficient (Wildman–Crippen LogP) is -0.642. The van der Waals surface area contributed by atoms with Crippen molar-refractivity contribution in [3.63, 3.8) is 0 Å². The van der Waals surface area contributed by atoms with Crippen LogP contribution >= 0.6 is 0 Å². The summed E-state index contributed by atoms with van der Waals surface area (Å²) in [6, 6.07) is 0.